The van der Waals surface area contributed by atoms with Gasteiger partial charge >= 0.3 is 0 Å². The van der Waals surface area contributed by atoms with E-state index in [1.54, 1.807) is 18.2 Å². The van der Waals surface area contributed by atoms with Crippen LogP contribution in [0.3, 0.4) is 0 Å². The van der Waals surface area contributed by atoms with E-state index < -0.39 is 0 Å². The van der Waals surface area contributed by atoms with Crippen molar-refractivity contribution >= 4 is 23.4 Å². The highest BCUT2D eigenvalue weighted by Crippen LogP contribution is 2.30. The molecule has 2 N–H and O–H groups in total. The summed E-state index contributed by atoms with van der Waals surface area (Å²) >= 11 is 7.79. The van der Waals surface area contributed by atoms with Crippen molar-refractivity contribution in [3.05, 3.63) is 34.6 Å². The molecule has 0 radical (unpaired) electrons. The number of hydrogen-bond donors (Lipinski definition) is 1. The summed E-state index contributed by atoms with van der Waals surface area (Å²) in [6.45, 7) is 3.52. The van der Waals surface area contributed by atoms with Crippen molar-refractivity contribution in [1.82, 2.24) is 4.90 Å². The lowest BCUT2D eigenvalue weighted by Crippen LogP contribution is -2.45. The smallest absolute Gasteiger partial charge is 0.146 e. The van der Waals surface area contributed by atoms with Gasteiger partial charge < -0.3 is 5.73 Å². The van der Waals surface area contributed by atoms with Gasteiger partial charge in [0.2, 0.25) is 0 Å². The summed E-state index contributed by atoms with van der Waals surface area (Å²) in [5, 5.41) is 0.171. The van der Waals surface area contributed by atoms with Crippen molar-refractivity contribution < 1.29 is 4.39 Å². The molecular formula is C13H18ClFN2S. The van der Waals surface area contributed by atoms with Gasteiger partial charge in [-0.1, -0.05) is 23.7 Å². The molecule has 2 nitrogen and oxygen atoms in total. The number of halogens is 2. The number of hydrogen-bond acceptors (Lipinski definition) is 3. The van der Waals surface area contributed by atoms with Crippen molar-refractivity contribution in [2.75, 3.05) is 24.6 Å². The second kappa shape index (κ2) is 6.24. The molecule has 1 aliphatic rings. The summed E-state index contributed by atoms with van der Waals surface area (Å²) in [4.78, 5) is 2.28. The van der Waals surface area contributed by atoms with E-state index in [0.717, 1.165) is 18.1 Å². The summed E-state index contributed by atoms with van der Waals surface area (Å²) in [7, 11) is 0. The van der Waals surface area contributed by atoms with Crippen LogP contribution in [0.1, 0.15) is 18.5 Å². The predicted molar refractivity (Wildman–Crippen MR) is 76.7 cm³/mol. The third kappa shape index (κ3) is 2.82. The Labute approximate surface area is 117 Å². The molecule has 1 aromatic carbocycles. The van der Waals surface area contributed by atoms with E-state index in [1.807, 2.05) is 11.8 Å². The summed E-state index contributed by atoms with van der Waals surface area (Å²) < 4.78 is 14.1. The van der Waals surface area contributed by atoms with E-state index in [4.69, 9.17) is 17.3 Å². The summed E-state index contributed by atoms with van der Waals surface area (Å²) in [5.41, 5.74) is 6.47. The van der Waals surface area contributed by atoms with Gasteiger partial charge in [-0.05, 0) is 13.0 Å². The Morgan fingerprint density at radius 3 is 3.06 bits per heavy atom. The van der Waals surface area contributed by atoms with Gasteiger partial charge in [0.15, 0.2) is 0 Å². The van der Waals surface area contributed by atoms with Crippen LogP contribution < -0.4 is 5.73 Å². The first kappa shape index (κ1) is 14.1. The zero-order chi connectivity index (χ0) is 13.1. The first-order valence-corrected chi connectivity index (χ1v) is 7.66. The zero-order valence-electron chi connectivity index (χ0n) is 10.4. The molecule has 0 aromatic heterocycles. The van der Waals surface area contributed by atoms with E-state index in [1.165, 1.54) is 0 Å². The molecule has 0 saturated carbocycles. The molecule has 0 spiro atoms. The highest BCUT2D eigenvalue weighted by Gasteiger charge is 2.28. The Balaban J connectivity index is 2.29. The average Bonchev–Trinajstić information content (AvgIpc) is 2.37. The largest absolute Gasteiger partial charge is 0.329 e. The summed E-state index contributed by atoms with van der Waals surface area (Å²) in [6.07, 6.45) is 0. The number of benzene rings is 1. The van der Waals surface area contributed by atoms with E-state index in [2.05, 4.69) is 11.8 Å². The van der Waals surface area contributed by atoms with Crippen molar-refractivity contribution in [2.24, 2.45) is 5.73 Å². The lowest BCUT2D eigenvalue weighted by Gasteiger charge is -2.39. The molecule has 1 heterocycles. The molecule has 0 bridgehead atoms. The minimum atomic E-state index is -0.333. The lowest BCUT2D eigenvalue weighted by molar-refractivity contribution is 0.163. The van der Waals surface area contributed by atoms with Crippen LogP contribution in [0.4, 0.5) is 4.39 Å². The monoisotopic (exact) mass is 288 g/mol. The standard InChI is InChI=1S/C13H18ClFN2S/c1-9-8-18-6-5-17(9)12(7-16)10-3-2-4-11(14)13(10)15/h2-4,9,12H,5-8,16H2,1H3. The molecule has 2 atom stereocenters. The summed E-state index contributed by atoms with van der Waals surface area (Å²) in [6, 6.07) is 5.47. The van der Waals surface area contributed by atoms with Crippen molar-refractivity contribution in [2.45, 2.75) is 19.0 Å². The summed E-state index contributed by atoms with van der Waals surface area (Å²) in [5.74, 6) is 1.81. The van der Waals surface area contributed by atoms with Crippen molar-refractivity contribution in [3.63, 3.8) is 0 Å². The molecule has 0 aliphatic carbocycles. The fourth-order valence-corrected chi connectivity index (χ4v) is 3.64. The van der Waals surface area contributed by atoms with Gasteiger partial charge in [-0.25, -0.2) is 4.39 Å². The van der Waals surface area contributed by atoms with E-state index in [-0.39, 0.29) is 16.9 Å². The normalized spacial score (nSPS) is 23.0. The average molecular weight is 289 g/mol. The molecule has 5 heteroatoms. The third-order valence-corrected chi connectivity index (χ3v) is 4.86. The van der Waals surface area contributed by atoms with Gasteiger partial charge in [0, 0.05) is 36.2 Å². The molecule has 1 aliphatic heterocycles. The fourth-order valence-electron chi connectivity index (χ4n) is 2.42. The van der Waals surface area contributed by atoms with Crippen LogP contribution in [0.15, 0.2) is 18.2 Å². The first-order valence-electron chi connectivity index (χ1n) is 6.12. The maximum absolute atomic E-state index is 14.1. The first-order chi connectivity index (χ1) is 8.65. The maximum Gasteiger partial charge on any atom is 0.146 e. The Kier molecular flexibility index (Phi) is 4.90. The van der Waals surface area contributed by atoms with Gasteiger partial charge in [0.1, 0.15) is 5.82 Å². The SMILES string of the molecule is CC1CSCCN1C(CN)c1cccc(Cl)c1F. The third-order valence-electron chi connectivity index (χ3n) is 3.38. The lowest BCUT2D eigenvalue weighted by atomic mass is 10.0. The van der Waals surface area contributed by atoms with Gasteiger partial charge in [-0.2, -0.15) is 11.8 Å². The molecule has 100 valence electrons. The minimum absolute atomic E-state index is 0.0837. The molecule has 1 saturated heterocycles. The van der Waals surface area contributed by atoms with Gasteiger partial charge in [0.05, 0.1) is 11.1 Å². The van der Waals surface area contributed by atoms with E-state index in [0.29, 0.717) is 18.2 Å². The Hall–Kier alpha value is -0.290. The molecule has 2 unspecified atom stereocenters. The minimum Gasteiger partial charge on any atom is -0.329 e. The van der Waals surface area contributed by atoms with Crippen molar-refractivity contribution in [3.8, 4) is 0 Å². The Morgan fingerprint density at radius 1 is 1.61 bits per heavy atom. The van der Waals surface area contributed by atoms with E-state index >= 15 is 0 Å². The predicted octanol–water partition coefficient (Wildman–Crippen LogP) is 2.92. The molecular weight excluding hydrogens is 271 g/mol. The topological polar surface area (TPSA) is 29.3 Å². The number of nitrogens with zero attached hydrogens (tertiary/aromatic N) is 1. The molecule has 18 heavy (non-hydrogen) atoms. The number of rotatable bonds is 3. The second-order valence-corrected chi connectivity index (χ2v) is 6.11. The van der Waals surface area contributed by atoms with Gasteiger partial charge in [0.25, 0.3) is 0 Å². The Bertz CT molecular complexity index is 416. The van der Waals surface area contributed by atoms with Gasteiger partial charge in [-0.15, -0.1) is 0 Å². The Morgan fingerprint density at radius 2 is 2.39 bits per heavy atom. The van der Waals surface area contributed by atoms with E-state index in [9.17, 15) is 4.39 Å². The van der Waals surface area contributed by atoms with Crippen LogP contribution in [0.25, 0.3) is 0 Å². The van der Waals surface area contributed by atoms with Crippen LogP contribution in [0.5, 0.6) is 0 Å². The van der Waals surface area contributed by atoms with Crippen LogP contribution in [0, 0.1) is 5.82 Å². The van der Waals surface area contributed by atoms with Crippen LogP contribution in [-0.2, 0) is 0 Å². The van der Waals surface area contributed by atoms with Gasteiger partial charge in [-0.3, -0.25) is 4.90 Å². The second-order valence-electron chi connectivity index (χ2n) is 4.56. The van der Waals surface area contributed by atoms with Crippen LogP contribution in [-0.4, -0.2) is 35.5 Å². The molecule has 0 amide bonds. The number of thioether (sulfide) groups is 1. The maximum atomic E-state index is 14.1. The quantitative estimate of drug-likeness (QED) is 0.927. The molecule has 1 fully saturated rings. The molecule has 2 rings (SSSR count). The highest BCUT2D eigenvalue weighted by atomic mass is 35.5. The van der Waals surface area contributed by atoms with Crippen LogP contribution >= 0.6 is 23.4 Å². The zero-order valence-corrected chi connectivity index (χ0v) is 12.0. The molecule has 1 aromatic rings. The number of nitrogens with two attached hydrogens (primary N) is 1. The van der Waals surface area contributed by atoms with Crippen molar-refractivity contribution in [1.29, 1.82) is 0 Å². The van der Waals surface area contributed by atoms with Crippen LogP contribution in [0.2, 0.25) is 5.02 Å². The highest BCUT2D eigenvalue weighted by molar-refractivity contribution is 7.99. The fraction of sp³-hybridized carbons (Fsp3) is 0.538.